The fourth-order valence-corrected chi connectivity index (χ4v) is 2.26. The highest BCUT2D eigenvalue weighted by Crippen LogP contribution is 2.22. The third-order valence-electron chi connectivity index (χ3n) is 3.24. The van der Waals surface area contributed by atoms with E-state index >= 15 is 0 Å². The first-order valence-electron chi connectivity index (χ1n) is 6.25. The molecule has 0 saturated carbocycles. The van der Waals surface area contributed by atoms with E-state index in [-0.39, 0.29) is 11.5 Å². The molecule has 0 unspecified atom stereocenters. The number of nitrogens with zero attached hydrogens (tertiary/aromatic N) is 2. The topological polar surface area (TPSA) is 75.1 Å². The van der Waals surface area contributed by atoms with Gasteiger partial charge in [-0.05, 0) is 37.2 Å². The summed E-state index contributed by atoms with van der Waals surface area (Å²) >= 11 is 0. The van der Waals surface area contributed by atoms with Gasteiger partial charge in [0, 0.05) is 17.7 Å². The molecule has 2 N–H and O–H groups in total. The second kappa shape index (κ2) is 4.97. The Balaban J connectivity index is 2.14. The molecule has 2 heterocycles. The maximum Gasteiger partial charge on any atom is 0.354 e. The molecule has 0 atom stereocenters. The summed E-state index contributed by atoms with van der Waals surface area (Å²) in [7, 11) is 0. The van der Waals surface area contributed by atoms with Crippen molar-refractivity contribution >= 4 is 5.97 Å². The highest BCUT2D eigenvalue weighted by molar-refractivity contribution is 5.88. The van der Waals surface area contributed by atoms with Gasteiger partial charge in [0.1, 0.15) is 5.82 Å². The molecule has 0 aliphatic carbocycles. The summed E-state index contributed by atoms with van der Waals surface area (Å²) in [5, 5.41) is 12.4. The number of nitrogens with one attached hydrogen (secondary N) is 1. The molecule has 5 nitrogen and oxygen atoms in total. The highest BCUT2D eigenvalue weighted by Gasteiger charge is 2.21. The minimum Gasteiger partial charge on any atom is -0.476 e. The number of hydrogen-bond acceptors (Lipinski definition) is 4. The quantitative estimate of drug-likeness (QED) is 0.869. The van der Waals surface area contributed by atoms with Crippen LogP contribution in [-0.2, 0) is 13.0 Å². The first-order valence-corrected chi connectivity index (χ1v) is 6.25. The second-order valence-electron chi connectivity index (χ2n) is 4.56. The van der Waals surface area contributed by atoms with Crippen LogP contribution in [0.2, 0.25) is 0 Å². The van der Waals surface area contributed by atoms with Gasteiger partial charge in [0.05, 0.1) is 5.69 Å². The molecule has 1 aliphatic heterocycles. The van der Waals surface area contributed by atoms with Crippen molar-refractivity contribution in [2.75, 3.05) is 6.54 Å². The zero-order valence-electron chi connectivity index (χ0n) is 10.6. The van der Waals surface area contributed by atoms with Gasteiger partial charge in [-0.25, -0.2) is 19.2 Å². The summed E-state index contributed by atoms with van der Waals surface area (Å²) in [5.74, 6) is -1.11. The second-order valence-corrected chi connectivity index (χ2v) is 4.56. The van der Waals surface area contributed by atoms with E-state index in [0.717, 1.165) is 0 Å². The Morgan fingerprint density at radius 1 is 1.25 bits per heavy atom. The van der Waals surface area contributed by atoms with Gasteiger partial charge < -0.3 is 10.4 Å². The predicted octanol–water partition coefficient (Wildman–Crippen LogP) is 1.63. The predicted molar refractivity (Wildman–Crippen MR) is 69.8 cm³/mol. The SMILES string of the molecule is O=C(O)c1nc(-c2ccc(F)cc2)nc2c1CCNC2. The van der Waals surface area contributed by atoms with Crippen molar-refractivity contribution in [2.24, 2.45) is 0 Å². The zero-order valence-corrected chi connectivity index (χ0v) is 10.6. The lowest BCUT2D eigenvalue weighted by atomic mass is 10.0. The zero-order chi connectivity index (χ0) is 14.1. The summed E-state index contributed by atoms with van der Waals surface area (Å²) in [5.41, 5.74) is 2.02. The Bertz CT molecular complexity index is 671. The molecule has 1 aliphatic rings. The van der Waals surface area contributed by atoms with Crippen LogP contribution in [0.1, 0.15) is 21.7 Å². The standard InChI is InChI=1S/C14H12FN3O2/c15-9-3-1-8(2-4-9)13-17-11-7-16-6-5-10(11)12(18-13)14(19)20/h1-4,16H,5-7H2,(H,19,20). The normalized spacial score (nSPS) is 13.8. The highest BCUT2D eigenvalue weighted by atomic mass is 19.1. The van der Waals surface area contributed by atoms with E-state index in [2.05, 4.69) is 15.3 Å². The molecule has 0 spiro atoms. The van der Waals surface area contributed by atoms with Crippen molar-refractivity contribution in [3.05, 3.63) is 47.0 Å². The van der Waals surface area contributed by atoms with Gasteiger partial charge in [-0.2, -0.15) is 0 Å². The van der Waals surface area contributed by atoms with E-state index in [4.69, 9.17) is 0 Å². The Morgan fingerprint density at radius 2 is 2.00 bits per heavy atom. The minimum absolute atomic E-state index is 0.0378. The van der Waals surface area contributed by atoms with Gasteiger partial charge >= 0.3 is 5.97 Å². The summed E-state index contributed by atoms with van der Waals surface area (Å²) < 4.78 is 12.9. The van der Waals surface area contributed by atoms with E-state index in [0.29, 0.717) is 42.2 Å². The van der Waals surface area contributed by atoms with Crippen molar-refractivity contribution in [1.29, 1.82) is 0 Å². The Labute approximate surface area is 114 Å². The monoisotopic (exact) mass is 273 g/mol. The Morgan fingerprint density at radius 3 is 2.70 bits per heavy atom. The van der Waals surface area contributed by atoms with Crippen LogP contribution in [0.4, 0.5) is 4.39 Å². The van der Waals surface area contributed by atoms with Crippen molar-refractivity contribution < 1.29 is 14.3 Å². The van der Waals surface area contributed by atoms with E-state index in [9.17, 15) is 14.3 Å². The molecule has 102 valence electrons. The van der Waals surface area contributed by atoms with Crippen molar-refractivity contribution in [2.45, 2.75) is 13.0 Å². The third kappa shape index (κ3) is 2.25. The molecule has 2 aromatic rings. The lowest BCUT2D eigenvalue weighted by molar-refractivity contribution is 0.0688. The lowest BCUT2D eigenvalue weighted by Gasteiger charge is -2.18. The summed E-state index contributed by atoms with van der Waals surface area (Å²) in [6.07, 6.45) is 0.598. The average molecular weight is 273 g/mol. The number of rotatable bonds is 2. The van der Waals surface area contributed by atoms with Gasteiger partial charge in [0.15, 0.2) is 11.5 Å². The largest absolute Gasteiger partial charge is 0.476 e. The van der Waals surface area contributed by atoms with Crippen LogP contribution in [0.3, 0.4) is 0 Å². The number of halogens is 1. The molecule has 1 aromatic carbocycles. The average Bonchev–Trinajstić information content (AvgIpc) is 2.46. The van der Waals surface area contributed by atoms with Crippen LogP contribution in [0.5, 0.6) is 0 Å². The van der Waals surface area contributed by atoms with Gasteiger partial charge in [-0.3, -0.25) is 0 Å². The summed E-state index contributed by atoms with van der Waals surface area (Å²) in [6, 6.07) is 5.69. The van der Waals surface area contributed by atoms with E-state index in [1.165, 1.54) is 12.1 Å². The van der Waals surface area contributed by atoms with E-state index in [1.54, 1.807) is 12.1 Å². The Kier molecular flexibility index (Phi) is 3.15. The van der Waals surface area contributed by atoms with E-state index < -0.39 is 5.97 Å². The van der Waals surface area contributed by atoms with Gasteiger partial charge in [0.25, 0.3) is 0 Å². The van der Waals surface area contributed by atoms with Crippen LogP contribution in [0.25, 0.3) is 11.4 Å². The lowest BCUT2D eigenvalue weighted by Crippen LogP contribution is -2.27. The van der Waals surface area contributed by atoms with Crippen LogP contribution < -0.4 is 5.32 Å². The number of carbonyl (C=O) groups is 1. The first kappa shape index (κ1) is 12.7. The van der Waals surface area contributed by atoms with Gasteiger partial charge in [0.2, 0.25) is 0 Å². The number of hydrogen-bond donors (Lipinski definition) is 2. The van der Waals surface area contributed by atoms with Crippen LogP contribution >= 0.6 is 0 Å². The summed E-state index contributed by atoms with van der Waals surface area (Å²) in [4.78, 5) is 19.9. The number of aromatic carboxylic acids is 1. The van der Waals surface area contributed by atoms with Crippen LogP contribution in [0, 0.1) is 5.82 Å². The number of carboxylic acid groups (broad SMARTS) is 1. The molecule has 0 fully saturated rings. The first-order chi connectivity index (χ1) is 9.65. The van der Waals surface area contributed by atoms with E-state index in [1.807, 2.05) is 0 Å². The maximum atomic E-state index is 12.9. The number of aromatic nitrogens is 2. The molecule has 0 amide bonds. The molecular weight excluding hydrogens is 261 g/mol. The minimum atomic E-state index is -1.06. The van der Waals surface area contributed by atoms with Crippen molar-refractivity contribution in [3.8, 4) is 11.4 Å². The van der Waals surface area contributed by atoms with Crippen LogP contribution in [-0.4, -0.2) is 27.6 Å². The fourth-order valence-electron chi connectivity index (χ4n) is 2.26. The van der Waals surface area contributed by atoms with Crippen molar-refractivity contribution in [1.82, 2.24) is 15.3 Å². The smallest absolute Gasteiger partial charge is 0.354 e. The molecule has 0 radical (unpaired) electrons. The number of benzene rings is 1. The third-order valence-corrected chi connectivity index (χ3v) is 3.24. The number of carboxylic acids is 1. The molecule has 6 heteroatoms. The van der Waals surface area contributed by atoms with Crippen LogP contribution in [0.15, 0.2) is 24.3 Å². The molecule has 0 saturated heterocycles. The fraction of sp³-hybridized carbons (Fsp3) is 0.214. The molecule has 3 rings (SSSR count). The summed E-state index contributed by atoms with van der Waals surface area (Å²) in [6.45, 7) is 1.23. The molecule has 1 aromatic heterocycles. The molecule has 0 bridgehead atoms. The van der Waals surface area contributed by atoms with Crippen molar-refractivity contribution in [3.63, 3.8) is 0 Å². The maximum absolute atomic E-state index is 12.9. The number of fused-ring (bicyclic) bond motifs is 1. The molecular formula is C14H12FN3O2. The Hall–Kier alpha value is -2.34. The van der Waals surface area contributed by atoms with Gasteiger partial charge in [-0.15, -0.1) is 0 Å². The molecule has 20 heavy (non-hydrogen) atoms. The van der Waals surface area contributed by atoms with Gasteiger partial charge in [-0.1, -0.05) is 0 Å².